The molecule has 1 heterocycles. The molecule has 2 aromatic rings. The topological polar surface area (TPSA) is 40.6 Å². The Bertz CT molecular complexity index is 654. The number of rotatable bonds is 2. The number of hydrogen-bond donors (Lipinski definition) is 0. The Morgan fingerprint density at radius 2 is 1.09 bits per heavy atom. The van der Waals surface area contributed by atoms with Gasteiger partial charge in [0.15, 0.2) is 0 Å². The van der Waals surface area contributed by atoms with Gasteiger partial charge in [-0.2, -0.15) is 0 Å². The van der Waals surface area contributed by atoms with Crippen LogP contribution < -0.4 is 0 Å². The summed E-state index contributed by atoms with van der Waals surface area (Å²) in [6.45, 7) is 1.06. The zero-order valence-corrected chi connectivity index (χ0v) is 14.1. The van der Waals surface area contributed by atoms with Gasteiger partial charge in [0.1, 0.15) is 0 Å². The van der Waals surface area contributed by atoms with Crippen LogP contribution in [0.2, 0.25) is 0 Å². The van der Waals surface area contributed by atoms with Gasteiger partial charge in [0, 0.05) is 0 Å². The number of hydrogen-bond acceptors (Lipinski definition) is 2. The quantitative estimate of drug-likeness (QED) is 0.711. The summed E-state index contributed by atoms with van der Waals surface area (Å²) in [5.74, 6) is -0.131. The molecular weight excluding hydrogens is 392 g/mol. The van der Waals surface area contributed by atoms with Gasteiger partial charge in [0.2, 0.25) is 0 Å². The van der Waals surface area contributed by atoms with Crippen molar-refractivity contribution >= 4 is 37.4 Å². The first-order chi connectivity index (χ1) is 10.7. The first-order valence-corrected chi connectivity index (χ1v) is 8.13. The SMILES string of the molecule is O=C(c1ccccc1)N1CCN(C(=O)c2ccccc2)C1=[Te]. The second kappa shape index (κ2) is 6.43. The van der Waals surface area contributed by atoms with E-state index in [0.717, 1.165) is 0 Å². The summed E-state index contributed by atoms with van der Waals surface area (Å²) in [6.07, 6.45) is 0. The van der Waals surface area contributed by atoms with Crippen molar-refractivity contribution < 1.29 is 9.59 Å². The molecule has 1 saturated heterocycles. The van der Waals surface area contributed by atoms with Crippen molar-refractivity contribution in [1.82, 2.24) is 9.80 Å². The van der Waals surface area contributed by atoms with Gasteiger partial charge < -0.3 is 0 Å². The van der Waals surface area contributed by atoms with Gasteiger partial charge in [-0.15, -0.1) is 0 Å². The molecule has 0 spiro atoms. The molecule has 1 fully saturated rings. The van der Waals surface area contributed by atoms with Crippen LogP contribution >= 0.6 is 0 Å². The summed E-state index contributed by atoms with van der Waals surface area (Å²) in [4.78, 5) is 28.4. The number of carbonyl (C=O) groups excluding carboxylic acids is 2. The molecule has 0 saturated carbocycles. The molecule has 1 aliphatic heterocycles. The van der Waals surface area contributed by atoms with Crippen LogP contribution in [0.5, 0.6) is 0 Å². The molecule has 0 aromatic heterocycles. The van der Waals surface area contributed by atoms with Crippen LogP contribution in [0.15, 0.2) is 60.7 Å². The van der Waals surface area contributed by atoms with E-state index in [9.17, 15) is 9.59 Å². The minimum absolute atomic E-state index is 0.0656. The summed E-state index contributed by atoms with van der Waals surface area (Å²) in [7, 11) is 0. The van der Waals surface area contributed by atoms with E-state index in [1.807, 2.05) is 36.4 Å². The van der Waals surface area contributed by atoms with Crippen LogP contribution in [0.3, 0.4) is 0 Å². The molecule has 0 bridgehead atoms. The third kappa shape index (κ3) is 2.83. The molecule has 4 nitrogen and oxygen atoms in total. The monoisotopic (exact) mass is 408 g/mol. The molecule has 0 aliphatic carbocycles. The van der Waals surface area contributed by atoms with Crippen LogP contribution in [-0.4, -0.2) is 60.3 Å². The van der Waals surface area contributed by atoms with Crippen LogP contribution in [-0.2, 0) is 0 Å². The maximum absolute atomic E-state index is 12.5. The van der Waals surface area contributed by atoms with Crippen molar-refractivity contribution in [3.05, 3.63) is 71.8 Å². The molecule has 110 valence electrons. The van der Waals surface area contributed by atoms with Crippen LogP contribution in [0.25, 0.3) is 0 Å². The fourth-order valence-electron chi connectivity index (χ4n) is 2.39. The Balaban J connectivity index is 1.78. The second-order valence-corrected chi connectivity index (χ2v) is 5.97. The predicted octanol–water partition coefficient (Wildman–Crippen LogP) is 1.54. The van der Waals surface area contributed by atoms with E-state index in [-0.39, 0.29) is 11.8 Å². The third-order valence-electron chi connectivity index (χ3n) is 3.54. The fourth-order valence-corrected chi connectivity index (χ4v) is 3.38. The van der Waals surface area contributed by atoms with Crippen LogP contribution in [0.4, 0.5) is 0 Å². The van der Waals surface area contributed by atoms with E-state index in [1.165, 1.54) is 0 Å². The van der Waals surface area contributed by atoms with Crippen molar-refractivity contribution in [2.24, 2.45) is 0 Å². The van der Waals surface area contributed by atoms with E-state index in [1.54, 1.807) is 55.9 Å². The Morgan fingerprint density at radius 3 is 1.45 bits per heavy atom. The number of benzene rings is 2. The molecule has 1 aliphatic rings. The minimum atomic E-state index is -0.0656. The normalized spacial score (nSPS) is 14.3. The molecule has 22 heavy (non-hydrogen) atoms. The third-order valence-corrected chi connectivity index (χ3v) is 4.80. The Kier molecular flexibility index (Phi) is 4.37. The van der Waals surface area contributed by atoms with E-state index < -0.39 is 0 Å². The van der Waals surface area contributed by atoms with Crippen molar-refractivity contribution in [3.8, 4) is 0 Å². The van der Waals surface area contributed by atoms with Crippen LogP contribution in [0, 0.1) is 0 Å². The average molecular weight is 406 g/mol. The molecular formula is C17H14N2O2Te. The molecule has 0 atom stereocenters. The Labute approximate surface area is 141 Å². The molecule has 2 aromatic carbocycles. The Morgan fingerprint density at radius 1 is 0.727 bits per heavy atom. The summed E-state index contributed by atoms with van der Waals surface area (Å²) in [5.41, 5.74) is 1.27. The van der Waals surface area contributed by atoms with Gasteiger partial charge in [-0.25, -0.2) is 0 Å². The van der Waals surface area contributed by atoms with Crippen molar-refractivity contribution in [3.63, 3.8) is 0 Å². The van der Waals surface area contributed by atoms with Crippen molar-refractivity contribution in [2.45, 2.75) is 0 Å². The number of carbonyl (C=O) groups is 2. The fraction of sp³-hybridized carbons (Fsp3) is 0.118. The van der Waals surface area contributed by atoms with E-state index in [4.69, 9.17) is 0 Å². The molecule has 3 rings (SSSR count). The van der Waals surface area contributed by atoms with Crippen molar-refractivity contribution in [2.75, 3.05) is 13.1 Å². The Hall–Kier alpha value is -1.96. The molecule has 0 unspecified atom stereocenters. The van der Waals surface area contributed by atoms with E-state index >= 15 is 0 Å². The first-order valence-electron chi connectivity index (χ1n) is 6.96. The van der Waals surface area contributed by atoms with Gasteiger partial charge in [0.25, 0.3) is 0 Å². The zero-order valence-electron chi connectivity index (χ0n) is 11.8. The second-order valence-electron chi connectivity index (χ2n) is 4.93. The standard InChI is InChI=1S/C17H14N2O2Te/c20-15(13-7-3-1-4-8-13)18-11-12-19(17(18)22)16(21)14-9-5-2-6-10-14/h1-10H,11-12H2. The van der Waals surface area contributed by atoms with Gasteiger partial charge in [-0.3, -0.25) is 0 Å². The van der Waals surface area contributed by atoms with Gasteiger partial charge in [-0.1, -0.05) is 0 Å². The first kappa shape index (κ1) is 15.0. The summed E-state index contributed by atoms with van der Waals surface area (Å²) in [6, 6.07) is 18.3. The number of amides is 2. The summed E-state index contributed by atoms with van der Waals surface area (Å²) in [5, 5.41) is 0. The predicted molar refractivity (Wildman–Crippen MR) is 85.7 cm³/mol. The zero-order chi connectivity index (χ0) is 15.5. The van der Waals surface area contributed by atoms with Crippen LogP contribution in [0.1, 0.15) is 20.7 Å². The average Bonchev–Trinajstić information content (AvgIpc) is 2.96. The summed E-state index contributed by atoms with van der Waals surface area (Å²) < 4.78 is 0.693. The van der Waals surface area contributed by atoms with Gasteiger partial charge in [0.05, 0.1) is 0 Å². The maximum atomic E-state index is 12.5. The summed E-state index contributed by atoms with van der Waals surface area (Å²) >= 11 is 1.73. The number of nitrogens with zero attached hydrogens (tertiary/aromatic N) is 2. The van der Waals surface area contributed by atoms with Gasteiger partial charge >= 0.3 is 142 Å². The van der Waals surface area contributed by atoms with Crippen molar-refractivity contribution in [1.29, 1.82) is 0 Å². The molecule has 5 heteroatoms. The molecule has 0 radical (unpaired) electrons. The molecule has 2 amide bonds. The van der Waals surface area contributed by atoms with E-state index in [2.05, 4.69) is 0 Å². The van der Waals surface area contributed by atoms with E-state index in [0.29, 0.717) is 28.0 Å². The van der Waals surface area contributed by atoms with Gasteiger partial charge in [-0.05, 0) is 0 Å². The molecule has 0 N–H and O–H groups in total.